The first-order valence-electron chi connectivity index (χ1n) is 8.08. The third-order valence-corrected chi connectivity index (χ3v) is 3.50. The highest BCUT2D eigenvalue weighted by molar-refractivity contribution is 5.95. The zero-order valence-corrected chi connectivity index (χ0v) is 14.4. The third-order valence-electron chi connectivity index (χ3n) is 3.50. The number of esters is 1. The van der Waals surface area contributed by atoms with Gasteiger partial charge in [0.2, 0.25) is 0 Å². The van der Waals surface area contributed by atoms with Gasteiger partial charge in [0.15, 0.2) is 23.8 Å². The fourth-order valence-corrected chi connectivity index (χ4v) is 2.08. The summed E-state index contributed by atoms with van der Waals surface area (Å²) in [5, 5.41) is 2.36. The minimum atomic E-state index is -1.14. The van der Waals surface area contributed by atoms with E-state index in [1.54, 1.807) is 31.2 Å². The average molecular weight is 363 g/mol. The molecular formula is C19H19F2NO4. The second-order valence-corrected chi connectivity index (χ2v) is 5.53. The van der Waals surface area contributed by atoms with Gasteiger partial charge in [0.25, 0.3) is 5.91 Å². The number of nitrogens with one attached hydrogen (secondary N) is 1. The predicted molar refractivity (Wildman–Crippen MR) is 91.7 cm³/mol. The van der Waals surface area contributed by atoms with Gasteiger partial charge in [-0.3, -0.25) is 4.79 Å². The van der Waals surface area contributed by atoms with Crippen molar-refractivity contribution in [1.82, 2.24) is 0 Å². The molecular weight excluding hydrogens is 344 g/mol. The van der Waals surface area contributed by atoms with Crippen molar-refractivity contribution in [1.29, 1.82) is 0 Å². The van der Waals surface area contributed by atoms with Gasteiger partial charge >= 0.3 is 5.97 Å². The van der Waals surface area contributed by atoms with Crippen LogP contribution >= 0.6 is 0 Å². The maximum Gasteiger partial charge on any atom is 0.348 e. The minimum absolute atomic E-state index is 0.0596. The molecule has 5 nitrogen and oxygen atoms in total. The van der Waals surface area contributed by atoms with Gasteiger partial charge in [-0.25, -0.2) is 13.6 Å². The SMILES string of the molecule is CC[C@@H](Oc1ccccc1)C(=O)O[C@H](C)C(=O)Nc1ccc(F)c(F)c1. The summed E-state index contributed by atoms with van der Waals surface area (Å²) in [6.07, 6.45) is -1.65. The highest BCUT2D eigenvalue weighted by atomic mass is 19.2. The maximum atomic E-state index is 13.2. The van der Waals surface area contributed by atoms with Gasteiger partial charge in [-0.2, -0.15) is 0 Å². The van der Waals surface area contributed by atoms with Crippen LogP contribution in [0.4, 0.5) is 14.5 Å². The zero-order valence-electron chi connectivity index (χ0n) is 14.4. The number of amides is 1. The van der Waals surface area contributed by atoms with E-state index in [0.29, 0.717) is 12.2 Å². The maximum absolute atomic E-state index is 13.2. The van der Waals surface area contributed by atoms with Crippen LogP contribution in [0.25, 0.3) is 0 Å². The molecule has 26 heavy (non-hydrogen) atoms. The molecule has 0 bridgehead atoms. The Hall–Kier alpha value is -2.96. The first-order valence-corrected chi connectivity index (χ1v) is 8.08. The molecule has 2 atom stereocenters. The number of para-hydroxylation sites is 1. The molecule has 0 saturated heterocycles. The van der Waals surface area contributed by atoms with E-state index in [9.17, 15) is 18.4 Å². The summed E-state index contributed by atoms with van der Waals surface area (Å²) in [5.41, 5.74) is 0.0596. The zero-order chi connectivity index (χ0) is 19.1. The Morgan fingerprint density at radius 3 is 2.38 bits per heavy atom. The summed E-state index contributed by atoms with van der Waals surface area (Å²) in [5.74, 6) is -2.96. The fourth-order valence-electron chi connectivity index (χ4n) is 2.08. The molecule has 1 N–H and O–H groups in total. The van der Waals surface area contributed by atoms with Crippen LogP contribution in [0.2, 0.25) is 0 Å². The second-order valence-electron chi connectivity index (χ2n) is 5.53. The molecule has 0 aliphatic carbocycles. The highest BCUT2D eigenvalue weighted by Gasteiger charge is 2.25. The standard InChI is InChI=1S/C19H19F2NO4/c1-3-17(26-14-7-5-4-6-8-14)19(24)25-12(2)18(23)22-13-9-10-15(20)16(21)11-13/h4-12,17H,3H2,1-2H3,(H,22,23)/t12-,17-/m1/s1. The third kappa shape index (κ3) is 5.27. The van der Waals surface area contributed by atoms with E-state index in [1.165, 1.54) is 13.0 Å². The lowest BCUT2D eigenvalue weighted by atomic mass is 10.2. The van der Waals surface area contributed by atoms with Crippen molar-refractivity contribution in [2.45, 2.75) is 32.5 Å². The molecule has 0 aliphatic heterocycles. The van der Waals surface area contributed by atoms with Crippen LogP contribution < -0.4 is 10.1 Å². The average Bonchev–Trinajstić information content (AvgIpc) is 2.63. The number of anilines is 1. The van der Waals surface area contributed by atoms with Crippen molar-refractivity contribution < 1.29 is 27.8 Å². The molecule has 2 rings (SSSR count). The van der Waals surface area contributed by atoms with E-state index >= 15 is 0 Å². The first-order chi connectivity index (χ1) is 12.4. The summed E-state index contributed by atoms with van der Waals surface area (Å²) >= 11 is 0. The molecule has 0 saturated carbocycles. The van der Waals surface area contributed by atoms with Gasteiger partial charge in [0.1, 0.15) is 5.75 Å². The summed E-state index contributed by atoms with van der Waals surface area (Å²) in [6.45, 7) is 3.13. The molecule has 1 amide bonds. The van der Waals surface area contributed by atoms with Crippen molar-refractivity contribution in [3.8, 4) is 5.75 Å². The van der Waals surface area contributed by atoms with Gasteiger partial charge in [0, 0.05) is 11.8 Å². The largest absolute Gasteiger partial charge is 0.479 e. The van der Waals surface area contributed by atoms with Gasteiger partial charge in [0.05, 0.1) is 0 Å². The molecule has 0 fully saturated rings. The molecule has 0 spiro atoms. The van der Waals surface area contributed by atoms with Crippen LogP contribution in [0, 0.1) is 11.6 Å². The fraction of sp³-hybridized carbons (Fsp3) is 0.263. The summed E-state index contributed by atoms with van der Waals surface area (Å²) < 4.78 is 36.7. The topological polar surface area (TPSA) is 64.6 Å². The molecule has 2 aromatic carbocycles. The Morgan fingerprint density at radius 1 is 1.08 bits per heavy atom. The highest BCUT2D eigenvalue weighted by Crippen LogP contribution is 2.16. The number of carbonyl (C=O) groups is 2. The molecule has 7 heteroatoms. The number of hydrogen-bond donors (Lipinski definition) is 1. The van der Waals surface area contributed by atoms with E-state index in [0.717, 1.165) is 12.1 Å². The van der Waals surface area contributed by atoms with Crippen molar-refractivity contribution in [3.05, 3.63) is 60.2 Å². The molecule has 0 radical (unpaired) electrons. The van der Waals surface area contributed by atoms with E-state index < -0.39 is 35.7 Å². The van der Waals surface area contributed by atoms with Gasteiger partial charge in [-0.15, -0.1) is 0 Å². The number of halogens is 2. The number of hydrogen-bond acceptors (Lipinski definition) is 4. The van der Waals surface area contributed by atoms with Crippen LogP contribution in [-0.4, -0.2) is 24.1 Å². The van der Waals surface area contributed by atoms with Crippen LogP contribution in [0.1, 0.15) is 20.3 Å². The first kappa shape index (κ1) is 19.4. The molecule has 138 valence electrons. The van der Waals surface area contributed by atoms with Crippen molar-refractivity contribution in [3.63, 3.8) is 0 Å². The van der Waals surface area contributed by atoms with Crippen molar-refractivity contribution in [2.24, 2.45) is 0 Å². The molecule has 0 heterocycles. The van der Waals surface area contributed by atoms with E-state index in [-0.39, 0.29) is 5.69 Å². The monoisotopic (exact) mass is 363 g/mol. The van der Waals surface area contributed by atoms with Gasteiger partial charge in [-0.1, -0.05) is 25.1 Å². The summed E-state index contributed by atoms with van der Waals surface area (Å²) in [4.78, 5) is 24.3. The van der Waals surface area contributed by atoms with Crippen LogP contribution in [0.5, 0.6) is 5.75 Å². The number of carbonyl (C=O) groups excluding carboxylic acids is 2. The van der Waals surface area contributed by atoms with Crippen LogP contribution in [-0.2, 0) is 14.3 Å². The minimum Gasteiger partial charge on any atom is -0.479 e. The van der Waals surface area contributed by atoms with Crippen LogP contribution in [0.15, 0.2) is 48.5 Å². The lowest BCUT2D eigenvalue weighted by Crippen LogP contribution is -2.36. The Morgan fingerprint density at radius 2 is 1.77 bits per heavy atom. The Balaban J connectivity index is 1.93. The number of benzene rings is 2. The molecule has 2 aromatic rings. The predicted octanol–water partition coefficient (Wildman–Crippen LogP) is 3.69. The van der Waals surface area contributed by atoms with E-state index in [4.69, 9.17) is 9.47 Å². The van der Waals surface area contributed by atoms with E-state index in [1.807, 2.05) is 6.07 Å². The van der Waals surface area contributed by atoms with Gasteiger partial charge < -0.3 is 14.8 Å². The van der Waals surface area contributed by atoms with Crippen molar-refractivity contribution in [2.75, 3.05) is 5.32 Å². The Bertz CT molecular complexity index is 767. The lowest BCUT2D eigenvalue weighted by molar-refractivity contribution is -0.160. The molecule has 0 aliphatic rings. The summed E-state index contributed by atoms with van der Waals surface area (Å²) in [7, 11) is 0. The Kier molecular flexibility index (Phi) is 6.66. The van der Waals surface area contributed by atoms with Gasteiger partial charge in [-0.05, 0) is 37.6 Å². The lowest BCUT2D eigenvalue weighted by Gasteiger charge is -2.19. The van der Waals surface area contributed by atoms with E-state index in [2.05, 4.69) is 5.32 Å². The normalized spacial score (nSPS) is 12.8. The smallest absolute Gasteiger partial charge is 0.348 e. The number of ether oxygens (including phenoxy) is 2. The Labute approximate surface area is 149 Å². The summed E-state index contributed by atoms with van der Waals surface area (Å²) in [6, 6.07) is 11.7. The molecule has 0 unspecified atom stereocenters. The second kappa shape index (κ2) is 8.94. The molecule has 0 aromatic heterocycles. The van der Waals surface area contributed by atoms with Crippen molar-refractivity contribution >= 4 is 17.6 Å². The van der Waals surface area contributed by atoms with Crippen LogP contribution in [0.3, 0.4) is 0 Å². The quantitative estimate of drug-likeness (QED) is 0.762. The number of rotatable bonds is 7.